The molecule has 2 bridgehead atoms. The van der Waals surface area contributed by atoms with Gasteiger partial charge in [-0.3, -0.25) is 19.7 Å². The normalized spacial score (nSPS) is 32.0. The van der Waals surface area contributed by atoms with E-state index in [1.807, 2.05) is 12.2 Å². The second-order valence-electron chi connectivity index (χ2n) is 5.90. The van der Waals surface area contributed by atoms with Crippen molar-refractivity contribution in [1.29, 1.82) is 0 Å². The summed E-state index contributed by atoms with van der Waals surface area (Å²) in [5.41, 5.74) is -0.0853. The maximum Gasteiger partial charge on any atom is 0.271 e. The van der Waals surface area contributed by atoms with Crippen LogP contribution in [-0.4, -0.2) is 16.7 Å². The first-order valence-corrected chi connectivity index (χ1v) is 7.37. The molecule has 1 aliphatic heterocycles. The van der Waals surface area contributed by atoms with Gasteiger partial charge in [-0.05, 0) is 24.3 Å². The van der Waals surface area contributed by atoms with Gasteiger partial charge in [-0.2, -0.15) is 0 Å². The summed E-state index contributed by atoms with van der Waals surface area (Å²) < 4.78 is 0. The van der Waals surface area contributed by atoms with Crippen molar-refractivity contribution < 1.29 is 14.5 Å². The van der Waals surface area contributed by atoms with Crippen LogP contribution in [-0.2, 0) is 9.59 Å². The molecule has 6 nitrogen and oxygen atoms in total. The van der Waals surface area contributed by atoms with E-state index >= 15 is 0 Å². The number of nitrogens with zero attached hydrogens (tertiary/aromatic N) is 2. The van der Waals surface area contributed by atoms with Crippen molar-refractivity contribution in [3.8, 4) is 0 Å². The lowest BCUT2D eigenvalue weighted by Crippen LogP contribution is -2.33. The minimum atomic E-state index is -0.572. The summed E-state index contributed by atoms with van der Waals surface area (Å²) >= 11 is 6.07. The monoisotopic (exact) mass is 318 g/mol. The fourth-order valence-corrected chi connectivity index (χ4v) is 4.13. The zero-order valence-corrected chi connectivity index (χ0v) is 12.1. The molecule has 1 heterocycles. The molecule has 4 rings (SSSR count). The largest absolute Gasteiger partial charge is 0.274 e. The average molecular weight is 319 g/mol. The molecule has 22 heavy (non-hydrogen) atoms. The predicted molar refractivity (Wildman–Crippen MR) is 78.3 cm³/mol. The average Bonchev–Trinajstić information content (AvgIpc) is 3.14. The van der Waals surface area contributed by atoms with Gasteiger partial charge in [0.1, 0.15) is 0 Å². The first-order valence-electron chi connectivity index (χ1n) is 6.99. The van der Waals surface area contributed by atoms with Gasteiger partial charge in [0, 0.05) is 12.1 Å². The number of fused-ring (bicyclic) bond motifs is 5. The molecule has 3 aliphatic rings. The molecular formula is C15H11ClN2O4. The van der Waals surface area contributed by atoms with E-state index in [0.29, 0.717) is 0 Å². The molecule has 2 aliphatic carbocycles. The zero-order valence-electron chi connectivity index (χ0n) is 11.3. The number of anilines is 1. The highest BCUT2D eigenvalue weighted by atomic mass is 35.5. The molecule has 0 unspecified atom stereocenters. The Kier molecular flexibility index (Phi) is 2.69. The summed E-state index contributed by atoms with van der Waals surface area (Å²) in [5, 5.41) is 11.1. The number of nitro groups is 1. The molecule has 112 valence electrons. The van der Waals surface area contributed by atoms with Gasteiger partial charge in [-0.1, -0.05) is 23.8 Å². The summed E-state index contributed by atoms with van der Waals surface area (Å²) in [4.78, 5) is 36.7. The van der Waals surface area contributed by atoms with Gasteiger partial charge in [-0.25, -0.2) is 4.90 Å². The van der Waals surface area contributed by atoms with Crippen LogP contribution in [0.15, 0.2) is 30.4 Å². The van der Waals surface area contributed by atoms with Gasteiger partial charge in [0.15, 0.2) is 0 Å². The van der Waals surface area contributed by atoms with E-state index in [-0.39, 0.29) is 51.9 Å². The zero-order chi connectivity index (χ0) is 15.6. The third kappa shape index (κ3) is 1.61. The molecule has 2 fully saturated rings. The van der Waals surface area contributed by atoms with Crippen LogP contribution < -0.4 is 4.90 Å². The molecule has 1 aromatic carbocycles. The van der Waals surface area contributed by atoms with Crippen molar-refractivity contribution in [3.63, 3.8) is 0 Å². The standard InChI is InChI=1S/C15H11ClN2O4/c16-10-4-3-9(18(21)22)6-11(10)17-14(19)12-7-1-2-8(5-7)13(12)15(17)20/h1-4,6-8,12-13H,5H2/t7-,8+,12-,13+. The maximum atomic E-state index is 12.7. The highest BCUT2D eigenvalue weighted by molar-refractivity contribution is 6.36. The Morgan fingerprint density at radius 3 is 2.27 bits per heavy atom. The van der Waals surface area contributed by atoms with Crippen molar-refractivity contribution in [1.82, 2.24) is 0 Å². The summed E-state index contributed by atoms with van der Waals surface area (Å²) in [6.45, 7) is 0. The predicted octanol–water partition coefficient (Wildman–Crippen LogP) is 2.56. The van der Waals surface area contributed by atoms with E-state index in [9.17, 15) is 19.7 Å². The fourth-order valence-electron chi connectivity index (χ4n) is 3.93. The number of carbonyl (C=O) groups is 2. The van der Waals surface area contributed by atoms with Crippen LogP contribution in [0.3, 0.4) is 0 Å². The minimum Gasteiger partial charge on any atom is -0.274 e. The Labute approximate surface area is 130 Å². The van der Waals surface area contributed by atoms with Gasteiger partial charge >= 0.3 is 0 Å². The lowest BCUT2D eigenvalue weighted by molar-refractivity contribution is -0.384. The van der Waals surface area contributed by atoms with Crippen molar-refractivity contribution >= 4 is 34.8 Å². The molecule has 2 amide bonds. The lowest BCUT2D eigenvalue weighted by atomic mass is 9.85. The number of benzene rings is 1. The Balaban J connectivity index is 1.79. The number of non-ortho nitro benzene ring substituents is 1. The summed E-state index contributed by atoms with van der Waals surface area (Å²) in [7, 11) is 0. The Morgan fingerprint density at radius 1 is 1.14 bits per heavy atom. The highest BCUT2D eigenvalue weighted by Gasteiger charge is 2.59. The van der Waals surface area contributed by atoms with Crippen molar-refractivity contribution in [3.05, 3.63) is 45.5 Å². The first-order chi connectivity index (χ1) is 10.5. The SMILES string of the molecule is O=C1[C@@H]2[C@H](C(=O)N1c1cc([N+](=O)[O-])ccc1Cl)[C@@H]1C=C[C@H]2C1. The molecule has 0 radical (unpaired) electrons. The molecule has 4 atom stereocenters. The second kappa shape index (κ2) is 4.39. The minimum absolute atomic E-state index is 0.0916. The molecule has 1 aromatic rings. The highest BCUT2D eigenvalue weighted by Crippen LogP contribution is 2.53. The Morgan fingerprint density at radius 2 is 1.73 bits per heavy atom. The first kappa shape index (κ1) is 13.5. The topological polar surface area (TPSA) is 80.5 Å². The van der Waals surface area contributed by atoms with Gasteiger partial charge in [-0.15, -0.1) is 0 Å². The van der Waals surface area contributed by atoms with Crippen molar-refractivity contribution in [2.24, 2.45) is 23.7 Å². The van der Waals surface area contributed by atoms with E-state index in [2.05, 4.69) is 0 Å². The van der Waals surface area contributed by atoms with E-state index in [4.69, 9.17) is 11.6 Å². The molecule has 7 heteroatoms. The summed E-state index contributed by atoms with van der Waals surface area (Å²) in [5.74, 6) is -1.11. The Bertz CT molecular complexity index is 730. The van der Waals surface area contributed by atoms with E-state index in [1.54, 1.807) is 0 Å². The summed E-state index contributed by atoms with van der Waals surface area (Å²) in [6, 6.07) is 3.79. The van der Waals surface area contributed by atoms with E-state index in [0.717, 1.165) is 11.3 Å². The number of hydrogen-bond donors (Lipinski definition) is 0. The molecule has 0 N–H and O–H groups in total. The van der Waals surface area contributed by atoms with Crippen LogP contribution in [0.2, 0.25) is 5.02 Å². The van der Waals surface area contributed by atoms with Crippen molar-refractivity contribution in [2.45, 2.75) is 6.42 Å². The number of hydrogen-bond acceptors (Lipinski definition) is 4. The van der Waals surface area contributed by atoms with Crippen LogP contribution in [0, 0.1) is 33.8 Å². The van der Waals surface area contributed by atoms with Crippen LogP contribution in [0.25, 0.3) is 0 Å². The van der Waals surface area contributed by atoms with Gasteiger partial charge < -0.3 is 0 Å². The van der Waals surface area contributed by atoms with Crippen LogP contribution >= 0.6 is 11.6 Å². The Hall–Kier alpha value is -2.21. The number of rotatable bonds is 2. The number of nitro benzene ring substituents is 1. The molecular weight excluding hydrogens is 308 g/mol. The number of halogens is 1. The van der Waals surface area contributed by atoms with E-state index < -0.39 is 4.92 Å². The third-order valence-electron chi connectivity index (χ3n) is 4.85. The molecule has 0 aromatic heterocycles. The molecule has 1 saturated carbocycles. The van der Waals surface area contributed by atoms with Crippen LogP contribution in [0.1, 0.15) is 6.42 Å². The summed E-state index contributed by atoms with van der Waals surface area (Å²) in [6.07, 6.45) is 4.83. The number of carbonyl (C=O) groups excluding carboxylic acids is 2. The maximum absolute atomic E-state index is 12.7. The molecule has 0 spiro atoms. The lowest BCUT2D eigenvalue weighted by Gasteiger charge is -2.18. The van der Waals surface area contributed by atoms with E-state index in [1.165, 1.54) is 18.2 Å². The fraction of sp³-hybridized carbons (Fsp3) is 0.333. The molecule has 1 saturated heterocycles. The third-order valence-corrected chi connectivity index (χ3v) is 5.17. The van der Waals surface area contributed by atoms with Gasteiger partial charge in [0.2, 0.25) is 11.8 Å². The smallest absolute Gasteiger partial charge is 0.271 e. The second-order valence-corrected chi connectivity index (χ2v) is 6.31. The van der Waals surface area contributed by atoms with Gasteiger partial charge in [0.05, 0.1) is 27.5 Å². The van der Waals surface area contributed by atoms with Crippen LogP contribution in [0.5, 0.6) is 0 Å². The van der Waals surface area contributed by atoms with Crippen molar-refractivity contribution in [2.75, 3.05) is 4.90 Å². The van der Waals surface area contributed by atoms with Gasteiger partial charge in [0.25, 0.3) is 5.69 Å². The number of allylic oxidation sites excluding steroid dienone is 2. The number of imide groups is 1. The number of amides is 2. The quantitative estimate of drug-likeness (QED) is 0.363. The van der Waals surface area contributed by atoms with Crippen LogP contribution in [0.4, 0.5) is 11.4 Å².